The molecule has 1 atom stereocenters. The van der Waals surface area contributed by atoms with E-state index in [1.165, 1.54) is 11.3 Å². The molecule has 1 amide bonds. The Hall–Kier alpha value is -2.65. The summed E-state index contributed by atoms with van der Waals surface area (Å²) in [6.07, 6.45) is 2.45. The Morgan fingerprint density at radius 3 is 2.22 bits per heavy atom. The van der Waals surface area contributed by atoms with Gasteiger partial charge in [-0.3, -0.25) is 4.79 Å². The lowest BCUT2D eigenvalue weighted by molar-refractivity contribution is 0.100. The second-order valence-corrected chi connectivity index (χ2v) is 6.73. The number of hydrogen-bond acceptors (Lipinski definition) is 8. The van der Waals surface area contributed by atoms with E-state index in [1.807, 2.05) is 60.3 Å². The van der Waals surface area contributed by atoms with E-state index < -0.39 is 5.91 Å². The fourth-order valence-electron chi connectivity index (χ4n) is 2.90. The maximum atomic E-state index is 11.6. The van der Waals surface area contributed by atoms with Crippen molar-refractivity contribution in [3.63, 3.8) is 0 Å². The molecule has 4 heterocycles. The lowest BCUT2D eigenvalue weighted by atomic mass is 10.2. The number of carbonyl (C=O) groups excluding carboxylic acids is 1. The molecule has 8 nitrogen and oxygen atoms in total. The number of thiophene rings is 1. The number of primary amides is 1. The van der Waals surface area contributed by atoms with Crippen molar-refractivity contribution >= 4 is 39.1 Å². The average molecular weight is 465 g/mol. The molecule has 4 rings (SSSR count). The average Bonchev–Trinajstić information content (AvgIpc) is 3.59. The fraction of sp³-hybridized carbons (Fsp3) is 0.522. The maximum absolute atomic E-state index is 11.6. The van der Waals surface area contributed by atoms with Crippen LogP contribution in [0.2, 0.25) is 0 Å². The SMILES string of the molecule is CC.CC.CC.CC.NC(=O)c1sc2nc(N3CCC(N)C3)nc(-c3ccco3)c2c1N. The number of furan rings is 1. The van der Waals surface area contributed by atoms with Crippen molar-refractivity contribution < 1.29 is 9.21 Å². The van der Waals surface area contributed by atoms with Gasteiger partial charge in [-0.05, 0) is 18.6 Å². The van der Waals surface area contributed by atoms with Crippen LogP contribution in [0.1, 0.15) is 71.5 Å². The molecule has 0 radical (unpaired) electrons. The zero-order valence-electron chi connectivity index (χ0n) is 20.7. The van der Waals surface area contributed by atoms with Crippen LogP contribution in [0.15, 0.2) is 22.8 Å². The molecule has 1 aliphatic heterocycles. The molecule has 0 aliphatic carbocycles. The molecule has 9 heteroatoms. The van der Waals surface area contributed by atoms with Gasteiger partial charge in [0.25, 0.3) is 5.91 Å². The molecule has 180 valence electrons. The predicted octanol–water partition coefficient (Wildman–Crippen LogP) is 5.27. The normalized spacial score (nSPS) is 14.0. The highest BCUT2D eigenvalue weighted by Crippen LogP contribution is 2.39. The maximum Gasteiger partial charge on any atom is 0.260 e. The summed E-state index contributed by atoms with van der Waals surface area (Å²) in [5.74, 6) is 0.539. The summed E-state index contributed by atoms with van der Waals surface area (Å²) in [4.78, 5) is 23.7. The zero-order valence-corrected chi connectivity index (χ0v) is 21.5. The summed E-state index contributed by atoms with van der Waals surface area (Å²) in [6.45, 7) is 17.5. The third kappa shape index (κ3) is 6.67. The van der Waals surface area contributed by atoms with Gasteiger partial charge in [-0.15, -0.1) is 11.3 Å². The summed E-state index contributed by atoms with van der Waals surface area (Å²) >= 11 is 1.17. The number of nitrogens with two attached hydrogens (primary N) is 3. The van der Waals surface area contributed by atoms with Gasteiger partial charge in [0.2, 0.25) is 5.95 Å². The van der Waals surface area contributed by atoms with E-state index in [0.29, 0.717) is 39.9 Å². The van der Waals surface area contributed by atoms with Crippen molar-refractivity contribution in [2.24, 2.45) is 11.5 Å². The minimum Gasteiger partial charge on any atom is -0.463 e. The van der Waals surface area contributed by atoms with Gasteiger partial charge in [0.15, 0.2) is 5.76 Å². The molecule has 1 fully saturated rings. The number of carbonyl (C=O) groups is 1. The highest BCUT2D eigenvalue weighted by Gasteiger charge is 2.26. The molecular weight excluding hydrogens is 424 g/mol. The second kappa shape index (κ2) is 15.2. The number of nitrogens with zero attached hydrogens (tertiary/aromatic N) is 3. The first kappa shape index (κ1) is 29.4. The fourth-order valence-corrected chi connectivity index (χ4v) is 3.84. The van der Waals surface area contributed by atoms with Crippen LogP contribution in [0.4, 0.5) is 11.6 Å². The lowest BCUT2D eigenvalue weighted by Crippen LogP contribution is -2.27. The molecule has 1 aliphatic rings. The van der Waals surface area contributed by atoms with E-state index in [1.54, 1.807) is 18.4 Å². The molecule has 0 saturated carbocycles. The second-order valence-electron chi connectivity index (χ2n) is 5.73. The number of anilines is 2. The van der Waals surface area contributed by atoms with Crippen LogP contribution in [0, 0.1) is 0 Å². The van der Waals surface area contributed by atoms with Crippen LogP contribution in [0.3, 0.4) is 0 Å². The minimum atomic E-state index is -0.578. The summed E-state index contributed by atoms with van der Waals surface area (Å²) in [5, 5.41) is 0.594. The zero-order chi connectivity index (χ0) is 24.8. The largest absolute Gasteiger partial charge is 0.463 e. The van der Waals surface area contributed by atoms with Crippen molar-refractivity contribution in [1.82, 2.24) is 9.97 Å². The molecule has 32 heavy (non-hydrogen) atoms. The van der Waals surface area contributed by atoms with Crippen molar-refractivity contribution in [3.05, 3.63) is 23.3 Å². The van der Waals surface area contributed by atoms with Crippen molar-refractivity contribution in [1.29, 1.82) is 0 Å². The van der Waals surface area contributed by atoms with Crippen LogP contribution in [0.25, 0.3) is 21.7 Å². The van der Waals surface area contributed by atoms with Gasteiger partial charge in [0, 0.05) is 19.1 Å². The lowest BCUT2D eigenvalue weighted by Gasteiger charge is -2.16. The molecule has 3 aromatic heterocycles. The van der Waals surface area contributed by atoms with E-state index in [9.17, 15) is 4.79 Å². The van der Waals surface area contributed by atoms with Gasteiger partial charge < -0.3 is 26.5 Å². The molecule has 0 bridgehead atoms. The number of amides is 1. The Balaban J connectivity index is 0.00000109. The van der Waals surface area contributed by atoms with Gasteiger partial charge >= 0.3 is 0 Å². The Morgan fingerprint density at radius 1 is 1.12 bits per heavy atom. The van der Waals surface area contributed by atoms with Crippen LogP contribution in [0.5, 0.6) is 0 Å². The molecular formula is C23H40N6O2S. The molecule has 3 aromatic rings. The van der Waals surface area contributed by atoms with Crippen molar-refractivity contribution in [3.8, 4) is 11.5 Å². The minimum absolute atomic E-state index is 0.103. The van der Waals surface area contributed by atoms with Gasteiger partial charge in [-0.25, -0.2) is 9.97 Å². The van der Waals surface area contributed by atoms with E-state index >= 15 is 0 Å². The van der Waals surface area contributed by atoms with Gasteiger partial charge in [-0.2, -0.15) is 0 Å². The molecule has 1 unspecified atom stereocenters. The monoisotopic (exact) mass is 464 g/mol. The number of aromatic nitrogens is 2. The molecule has 1 saturated heterocycles. The highest BCUT2D eigenvalue weighted by molar-refractivity contribution is 7.21. The smallest absolute Gasteiger partial charge is 0.260 e. The summed E-state index contributed by atoms with van der Waals surface area (Å²) in [7, 11) is 0. The highest BCUT2D eigenvalue weighted by atomic mass is 32.1. The van der Waals surface area contributed by atoms with E-state index in [2.05, 4.69) is 9.97 Å². The topological polar surface area (TPSA) is 137 Å². The number of rotatable bonds is 3. The van der Waals surface area contributed by atoms with E-state index in [0.717, 1.165) is 13.0 Å². The third-order valence-electron chi connectivity index (χ3n) is 4.06. The van der Waals surface area contributed by atoms with E-state index in [-0.39, 0.29) is 10.9 Å². The first-order valence-corrected chi connectivity index (χ1v) is 12.3. The first-order valence-electron chi connectivity index (χ1n) is 11.5. The number of hydrogen-bond donors (Lipinski definition) is 3. The predicted molar refractivity (Wildman–Crippen MR) is 138 cm³/mol. The van der Waals surface area contributed by atoms with Gasteiger partial charge in [0.1, 0.15) is 15.4 Å². The Labute approximate surface area is 196 Å². The first-order chi connectivity index (χ1) is 15.5. The summed E-state index contributed by atoms with van der Waals surface area (Å²) in [5.41, 5.74) is 18.4. The molecule has 0 spiro atoms. The standard InChI is InChI=1S/C15H16N6O2S.4C2H6/c16-7-3-4-21(6-7)15-19-11(8-2-1-5-23-8)9-10(17)12(13(18)22)24-14(9)20-15;4*1-2/h1-2,5,7H,3-4,6,16-17H2,(H2,18,22);4*1-2H3. The van der Waals surface area contributed by atoms with Gasteiger partial charge in [-0.1, -0.05) is 55.4 Å². The number of fused-ring (bicyclic) bond motifs is 1. The van der Waals surface area contributed by atoms with Gasteiger partial charge in [0.05, 0.1) is 17.3 Å². The Bertz CT molecular complexity index is 924. The molecule has 0 aromatic carbocycles. The van der Waals surface area contributed by atoms with Crippen LogP contribution >= 0.6 is 11.3 Å². The molecule has 6 N–H and O–H groups in total. The van der Waals surface area contributed by atoms with E-state index in [4.69, 9.17) is 21.6 Å². The van der Waals surface area contributed by atoms with Crippen molar-refractivity contribution in [2.45, 2.75) is 67.9 Å². The van der Waals surface area contributed by atoms with Crippen LogP contribution in [-0.2, 0) is 0 Å². The van der Waals surface area contributed by atoms with Crippen LogP contribution in [-0.4, -0.2) is 35.0 Å². The summed E-state index contributed by atoms with van der Waals surface area (Å²) < 4.78 is 5.49. The van der Waals surface area contributed by atoms with Crippen molar-refractivity contribution in [2.75, 3.05) is 23.7 Å². The third-order valence-corrected chi connectivity index (χ3v) is 5.18. The quantitative estimate of drug-likeness (QED) is 0.479. The van der Waals surface area contributed by atoms with Crippen LogP contribution < -0.4 is 22.1 Å². The number of nitrogen functional groups attached to an aromatic ring is 1. The Morgan fingerprint density at radius 2 is 1.75 bits per heavy atom. The summed E-state index contributed by atoms with van der Waals surface area (Å²) in [6, 6.07) is 3.67. The Kier molecular flexibility index (Phi) is 13.9.